The fourth-order valence-corrected chi connectivity index (χ4v) is 4.12. The second-order valence-electron chi connectivity index (χ2n) is 5.68. The van der Waals surface area contributed by atoms with Crippen LogP contribution in [-0.2, 0) is 9.53 Å². The van der Waals surface area contributed by atoms with Crippen LogP contribution in [0.15, 0.2) is 0 Å². The van der Waals surface area contributed by atoms with Gasteiger partial charge >= 0.3 is 5.97 Å². The van der Waals surface area contributed by atoms with E-state index in [2.05, 4.69) is 12.2 Å². The van der Waals surface area contributed by atoms with Gasteiger partial charge in [0.2, 0.25) is 0 Å². The number of likely N-dealkylation sites (N-methyl/N-ethyl adjacent to an activating group) is 1. The lowest BCUT2D eigenvalue weighted by atomic mass is 9.85. The summed E-state index contributed by atoms with van der Waals surface area (Å²) in [4.78, 5) is 12.3. The average molecular weight is 303 g/mol. The van der Waals surface area contributed by atoms with Crippen LogP contribution in [-0.4, -0.2) is 48.4 Å². The zero-order chi connectivity index (χ0) is 15.0. The number of thioether (sulfide) groups is 1. The fourth-order valence-electron chi connectivity index (χ4n) is 2.99. The third-order valence-electron chi connectivity index (χ3n) is 4.23. The fraction of sp³-hybridized carbons (Fsp3) is 0.933. The van der Waals surface area contributed by atoms with Crippen LogP contribution in [0.2, 0.25) is 0 Å². The van der Waals surface area contributed by atoms with Crippen LogP contribution in [0.25, 0.3) is 0 Å². The lowest BCUT2D eigenvalue weighted by molar-refractivity contribution is -0.152. The highest BCUT2D eigenvalue weighted by atomic mass is 32.2. The first-order chi connectivity index (χ1) is 9.60. The van der Waals surface area contributed by atoms with Crippen LogP contribution in [0, 0.1) is 11.8 Å². The van der Waals surface area contributed by atoms with Gasteiger partial charge in [-0.15, -0.1) is 0 Å². The first kappa shape index (κ1) is 17.8. The Labute approximate surface area is 127 Å². The van der Waals surface area contributed by atoms with Crippen molar-refractivity contribution in [1.82, 2.24) is 5.32 Å². The summed E-state index contributed by atoms with van der Waals surface area (Å²) in [6.07, 6.45) is 4.09. The van der Waals surface area contributed by atoms with Crippen molar-refractivity contribution >= 4 is 17.7 Å². The van der Waals surface area contributed by atoms with Crippen LogP contribution in [0.4, 0.5) is 0 Å². The Morgan fingerprint density at radius 2 is 2.35 bits per heavy atom. The molecule has 4 nitrogen and oxygen atoms in total. The molecule has 3 atom stereocenters. The van der Waals surface area contributed by atoms with Crippen molar-refractivity contribution in [2.45, 2.75) is 45.1 Å². The first-order valence-corrected chi connectivity index (χ1v) is 8.80. The highest BCUT2D eigenvalue weighted by Gasteiger charge is 2.48. The Balaban J connectivity index is 2.48. The molecule has 0 heterocycles. The number of ether oxygens (including phenoxy) is 1. The predicted octanol–water partition coefficient (Wildman–Crippen LogP) is 2.06. The summed E-state index contributed by atoms with van der Waals surface area (Å²) in [6.45, 7) is 4.61. The van der Waals surface area contributed by atoms with Gasteiger partial charge in [-0.05, 0) is 56.6 Å². The van der Waals surface area contributed by atoms with Crippen LogP contribution in [0.3, 0.4) is 0 Å². The molecule has 0 aromatic heterocycles. The molecule has 5 heteroatoms. The van der Waals surface area contributed by atoms with Gasteiger partial charge < -0.3 is 15.2 Å². The maximum absolute atomic E-state index is 12.3. The second kappa shape index (κ2) is 8.90. The first-order valence-electron chi connectivity index (χ1n) is 7.65. The third-order valence-corrected chi connectivity index (χ3v) is 5.56. The zero-order valence-electron chi connectivity index (χ0n) is 13.0. The van der Waals surface area contributed by atoms with E-state index < -0.39 is 5.54 Å². The van der Waals surface area contributed by atoms with E-state index in [0.29, 0.717) is 18.4 Å². The number of carbonyl (C=O) groups is 1. The summed E-state index contributed by atoms with van der Waals surface area (Å²) in [5, 5.41) is 12.3. The van der Waals surface area contributed by atoms with E-state index in [0.717, 1.165) is 37.2 Å². The molecule has 0 aliphatic heterocycles. The van der Waals surface area contributed by atoms with E-state index in [4.69, 9.17) is 9.84 Å². The molecule has 0 saturated heterocycles. The minimum Gasteiger partial charge on any atom is -0.465 e. The van der Waals surface area contributed by atoms with Crippen LogP contribution >= 0.6 is 11.8 Å². The number of esters is 1. The molecule has 1 aliphatic carbocycles. The van der Waals surface area contributed by atoms with Crippen molar-refractivity contribution in [3.05, 3.63) is 0 Å². The molecule has 0 bridgehead atoms. The summed E-state index contributed by atoms with van der Waals surface area (Å²) in [6, 6.07) is 0. The Morgan fingerprint density at radius 1 is 1.60 bits per heavy atom. The minimum absolute atomic E-state index is 0.0845. The highest BCUT2D eigenvalue weighted by Crippen LogP contribution is 2.39. The third kappa shape index (κ3) is 4.37. The molecular weight excluding hydrogens is 274 g/mol. The molecule has 20 heavy (non-hydrogen) atoms. The second-order valence-corrected chi connectivity index (χ2v) is 6.83. The maximum Gasteiger partial charge on any atom is 0.326 e. The topological polar surface area (TPSA) is 58.6 Å². The standard InChI is InChI=1S/C15H29NO3S/c1-4-19-14(18)15(16-3)8-5-6-13(15)7-9-20-11-12(2)10-17/h12-13,16-17H,4-11H2,1-3H3. The zero-order valence-corrected chi connectivity index (χ0v) is 13.8. The molecule has 2 N–H and O–H groups in total. The van der Waals surface area contributed by atoms with Crippen molar-refractivity contribution < 1.29 is 14.6 Å². The smallest absolute Gasteiger partial charge is 0.326 e. The number of hydrogen-bond acceptors (Lipinski definition) is 5. The molecule has 0 aromatic rings. The lowest BCUT2D eigenvalue weighted by Crippen LogP contribution is -2.54. The SMILES string of the molecule is CCOC(=O)C1(NC)CCCC1CCSCC(C)CO. The Bertz CT molecular complexity index is 301. The molecule has 0 aromatic carbocycles. The Hall–Kier alpha value is -0.260. The molecule has 0 spiro atoms. The van der Waals surface area contributed by atoms with Gasteiger partial charge in [-0.2, -0.15) is 11.8 Å². The van der Waals surface area contributed by atoms with Gasteiger partial charge in [0, 0.05) is 6.61 Å². The highest BCUT2D eigenvalue weighted by molar-refractivity contribution is 7.99. The van der Waals surface area contributed by atoms with Gasteiger partial charge in [-0.25, -0.2) is 0 Å². The molecule has 1 rings (SSSR count). The number of nitrogens with one attached hydrogen (secondary N) is 1. The van der Waals surface area contributed by atoms with Crippen molar-refractivity contribution in [2.75, 3.05) is 31.8 Å². The van der Waals surface area contributed by atoms with E-state index in [1.54, 1.807) is 0 Å². The molecule has 1 saturated carbocycles. The van der Waals surface area contributed by atoms with E-state index >= 15 is 0 Å². The largest absolute Gasteiger partial charge is 0.465 e. The molecule has 1 aliphatic rings. The summed E-state index contributed by atoms with van der Waals surface area (Å²) in [7, 11) is 1.87. The molecule has 0 amide bonds. The minimum atomic E-state index is -0.473. The molecular formula is C15H29NO3S. The van der Waals surface area contributed by atoms with Crippen molar-refractivity contribution in [2.24, 2.45) is 11.8 Å². The van der Waals surface area contributed by atoms with Crippen LogP contribution in [0.5, 0.6) is 0 Å². The monoisotopic (exact) mass is 303 g/mol. The predicted molar refractivity (Wildman–Crippen MR) is 84.0 cm³/mol. The van der Waals surface area contributed by atoms with Crippen LogP contribution in [0.1, 0.15) is 39.5 Å². The molecule has 118 valence electrons. The quantitative estimate of drug-likeness (QED) is 0.504. The van der Waals surface area contributed by atoms with E-state index in [9.17, 15) is 4.79 Å². The van der Waals surface area contributed by atoms with Gasteiger partial charge in [0.15, 0.2) is 0 Å². The van der Waals surface area contributed by atoms with Crippen LogP contribution < -0.4 is 5.32 Å². The van der Waals surface area contributed by atoms with Gasteiger partial charge in [-0.1, -0.05) is 13.3 Å². The van der Waals surface area contributed by atoms with Gasteiger partial charge in [0.25, 0.3) is 0 Å². The summed E-state index contributed by atoms with van der Waals surface area (Å²) in [5.74, 6) is 2.65. The van der Waals surface area contributed by atoms with Gasteiger partial charge in [-0.3, -0.25) is 4.79 Å². The average Bonchev–Trinajstić information content (AvgIpc) is 2.87. The lowest BCUT2D eigenvalue weighted by Gasteiger charge is -2.33. The van der Waals surface area contributed by atoms with E-state index in [1.165, 1.54) is 0 Å². The maximum atomic E-state index is 12.3. The Morgan fingerprint density at radius 3 is 2.95 bits per heavy atom. The van der Waals surface area contributed by atoms with E-state index in [1.807, 2.05) is 25.7 Å². The number of aliphatic hydroxyl groups is 1. The van der Waals surface area contributed by atoms with E-state index in [-0.39, 0.29) is 12.6 Å². The molecule has 0 radical (unpaired) electrons. The summed E-state index contributed by atoms with van der Waals surface area (Å²) < 4.78 is 5.27. The number of rotatable bonds is 9. The van der Waals surface area contributed by atoms with Crippen molar-refractivity contribution in [3.8, 4) is 0 Å². The van der Waals surface area contributed by atoms with Gasteiger partial charge in [0.05, 0.1) is 6.61 Å². The molecule has 3 unspecified atom stereocenters. The normalized spacial score (nSPS) is 27.5. The number of aliphatic hydroxyl groups excluding tert-OH is 1. The van der Waals surface area contributed by atoms with Crippen molar-refractivity contribution in [3.63, 3.8) is 0 Å². The Kier molecular flexibility index (Phi) is 7.92. The number of hydrogen-bond donors (Lipinski definition) is 2. The molecule has 1 fully saturated rings. The van der Waals surface area contributed by atoms with Crippen molar-refractivity contribution in [1.29, 1.82) is 0 Å². The summed E-state index contributed by atoms with van der Waals surface area (Å²) >= 11 is 1.87. The number of carbonyl (C=O) groups excluding carboxylic acids is 1. The summed E-state index contributed by atoms with van der Waals surface area (Å²) in [5.41, 5.74) is -0.473. The van der Waals surface area contributed by atoms with Gasteiger partial charge in [0.1, 0.15) is 5.54 Å².